The van der Waals surface area contributed by atoms with Crippen LogP contribution in [-0.2, 0) is 20.7 Å². The molecule has 8 heteroatoms. The van der Waals surface area contributed by atoms with Crippen LogP contribution in [0.25, 0.3) is 0 Å². The number of aliphatic carboxylic acids is 1. The van der Waals surface area contributed by atoms with Gasteiger partial charge in [-0.15, -0.1) is 11.3 Å². The number of carbonyl (C=O) groups excluding carboxylic acids is 1. The van der Waals surface area contributed by atoms with Crippen molar-refractivity contribution in [2.45, 2.75) is 29.7 Å². The number of ether oxygens (including phenoxy) is 1. The molecule has 1 fully saturated rings. The fourth-order valence-corrected chi connectivity index (χ4v) is 3.48. The van der Waals surface area contributed by atoms with Crippen LogP contribution < -0.4 is 5.32 Å². The summed E-state index contributed by atoms with van der Waals surface area (Å²) < 4.78 is 6.14. The lowest BCUT2D eigenvalue weighted by Gasteiger charge is -2.09. The lowest BCUT2D eigenvalue weighted by Crippen LogP contribution is -2.32. The largest absolute Gasteiger partial charge is 0.481 e. The van der Waals surface area contributed by atoms with Gasteiger partial charge in [0.1, 0.15) is 0 Å². The lowest BCUT2D eigenvalue weighted by molar-refractivity contribution is -0.136. The SMILES string of the molecule is O=C(O)Cc1csc(SCC(=O)NCC2CCCO2)n1. The minimum atomic E-state index is -0.902. The van der Waals surface area contributed by atoms with E-state index in [0.29, 0.717) is 16.6 Å². The summed E-state index contributed by atoms with van der Waals surface area (Å²) in [5.74, 6) is -0.672. The highest BCUT2D eigenvalue weighted by atomic mass is 32.2. The van der Waals surface area contributed by atoms with E-state index in [0.717, 1.165) is 19.4 Å². The Morgan fingerprint density at radius 2 is 2.45 bits per heavy atom. The first-order valence-corrected chi connectivity index (χ1v) is 8.17. The number of rotatable bonds is 7. The smallest absolute Gasteiger partial charge is 0.309 e. The molecule has 20 heavy (non-hydrogen) atoms. The van der Waals surface area contributed by atoms with Gasteiger partial charge in [-0.25, -0.2) is 4.98 Å². The maximum Gasteiger partial charge on any atom is 0.309 e. The number of nitrogens with zero attached hydrogens (tertiary/aromatic N) is 1. The highest BCUT2D eigenvalue weighted by molar-refractivity contribution is 8.01. The summed E-state index contributed by atoms with van der Waals surface area (Å²) in [4.78, 5) is 26.3. The van der Waals surface area contributed by atoms with Gasteiger partial charge >= 0.3 is 5.97 Å². The van der Waals surface area contributed by atoms with Crippen molar-refractivity contribution in [1.29, 1.82) is 0 Å². The Balaban J connectivity index is 1.67. The normalized spacial score (nSPS) is 18.1. The van der Waals surface area contributed by atoms with E-state index in [2.05, 4.69) is 10.3 Å². The molecule has 1 amide bonds. The molecule has 1 saturated heterocycles. The molecule has 0 saturated carbocycles. The number of thioether (sulfide) groups is 1. The number of nitrogens with one attached hydrogen (secondary N) is 1. The fourth-order valence-electron chi connectivity index (χ4n) is 1.80. The van der Waals surface area contributed by atoms with Gasteiger partial charge in [0, 0.05) is 18.5 Å². The van der Waals surface area contributed by atoms with Gasteiger partial charge in [-0.05, 0) is 12.8 Å². The summed E-state index contributed by atoms with van der Waals surface area (Å²) in [5.41, 5.74) is 0.532. The molecule has 2 rings (SSSR count). The number of thiazole rings is 1. The third kappa shape index (κ3) is 5.10. The van der Waals surface area contributed by atoms with Gasteiger partial charge in [0.25, 0.3) is 0 Å². The summed E-state index contributed by atoms with van der Waals surface area (Å²) in [6, 6.07) is 0. The molecule has 0 radical (unpaired) electrons. The zero-order valence-electron chi connectivity index (χ0n) is 10.8. The van der Waals surface area contributed by atoms with Crippen LogP contribution in [-0.4, -0.2) is 47.0 Å². The molecule has 1 aromatic rings. The first-order chi connectivity index (χ1) is 9.63. The van der Waals surface area contributed by atoms with E-state index in [1.54, 1.807) is 5.38 Å². The number of carbonyl (C=O) groups is 2. The Morgan fingerprint density at radius 3 is 3.15 bits per heavy atom. The number of carboxylic acid groups (broad SMARTS) is 1. The quantitative estimate of drug-likeness (QED) is 0.734. The molecule has 110 valence electrons. The molecule has 1 aliphatic heterocycles. The highest BCUT2D eigenvalue weighted by Crippen LogP contribution is 2.22. The summed E-state index contributed by atoms with van der Waals surface area (Å²) >= 11 is 2.68. The summed E-state index contributed by atoms with van der Waals surface area (Å²) in [6.07, 6.45) is 2.12. The zero-order valence-corrected chi connectivity index (χ0v) is 12.5. The van der Waals surface area contributed by atoms with Crippen LogP contribution in [0.2, 0.25) is 0 Å². The van der Waals surface area contributed by atoms with Crippen molar-refractivity contribution >= 4 is 35.0 Å². The second kappa shape index (κ2) is 7.61. The van der Waals surface area contributed by atoms with Crippen LogP contribution in [0.1, 0.15) is 18.5 Å². The van der Waals surface area contributed by atoms with Gasteiger partial charge in [0.2, 0.25) is 5.91 Å². The van der Waals surface area contributed by atoms with E-state index in [9.17, 15) is 9.59 Å². The van der Waals surface area contributed by atoms with Crippen LogP contribution in [0.15, 0.2) is 9.72 Å². The maximum atomic E-state index is 11.7. The Labute approximate surface area is 124 Å². The molecule has 1 unspecified atom stereocenters. The molecule has 0 spiro atoms. The third-order valence-electron chi connectivity index (χ3n) is 2.74. The fraction of sp³-hybridized carbons (Fsp3) is 0.583. The average molecular weight is 316 g/mol. The molecule has 1 aliphatic rings. The van der Waals surface area contributed by atoms with Crippen LogP contribution in [0.5, 0.6) is 0 Å². The van der Waals surface area contributed by atoms with E-state index in [1.165, 1.54) is 23.1 Å². The Hall–Kier alpha value is -1.12. The predicted octanol–water partition coefficient (Wildman–Crippen LogP) is 1.16. The van der Waals surface area contributed by atoms with Gasteiger partial charge in [0.15, 0.2) is 4.34 Å². The van der Waals surface area contributed by atoms with Crippen LogP contribution in [0.3, 0.4) is 0 Å². The van der Waals surface area contributed by atoms with Crippen molar-refractivity contribution in [3.63, 3.8) is 0 Å². The van der Waals surface area contributed by atoms with Crippen molar-refractivity contribution in [1.82, 2.24) is 10.3 Å². The Kier molecular flexibility index (Phi) is 5.81. The minimum absolute atomic E-state index is 0.0551. The summed E-state index contributed by atoms with van der Waals surface area (Å²) in [5, 5.41) is 13.2. The van der Waals surface area contributed by atoms with E-state index in [4.69, 9.17) is 9.84 Å². The average Bonchev–Trinajstić information content (AvgIpc) is 3.04. The molecule has 1 atom stereocenters. The van der Waals surface area contributed by atoms with E-state index in [-0.39, 0.29) is 24.2 Å². The second-order valence-corrected chi connectivity index (χ2v) is 6.48. The molecule has 2 heterocycles. The number of amides is 1. The van der Waals surface area contributed by atoms with Gasteiger partial charge in [0.05, 0.1) is 24.0 Å². The van der Waals surface area contributed by atoms with Crippen LogP contribution in [0.4, 0.5) is 0 Å². The lowest BCUT2D eigenvalue weighted by atomic mass is 10.2. The standard InChI is InChI=1S/C12H16N2O4S2/c15-10(13-5-9-2-1-3-18-9)7-20-12-14-8(6-19-12)4-11(16)17/h6,9H,1-5,7H2,(H,13,15)(H,16,17). The van der Waals surface area contributed by atoms with E-state index < -0.39 is 5.97 Å². The highest BCUT2D eigenvalue weighted by Gasteiger charge is 2.16. The van der Waals surface area contributed by atoms with E-state index >= 15 is 0 Å². The number of hydrogen-bond donors (Lipinski definition) is 2. The number of carboxylic acids is 1. The molecule has 0 bridgehead atoms. The minimum Gasteiger partial charge on any atom is -0.481 e. The van der Waals surface area contributed by atoms with Crippen molar-refractivity contribution in [2.75, 3.05) is 18.9 Å². The Bertz CT molecular complexity index is 472. The van der Waals surface area contributed by atoms with Crippen LogP contribution in [0, 0.1) is 0 Å². The first kappa shape index (κ1) is 15.3. The van der Waals surface area contributed by atoms with Gasteiger partial charge in [-0.2, -0.15) is 0 Å². The molecule has 1 aromatic heterocycles. The molecule has 6 nitrogen and oxygen atoms in total. The van der Waals surface area contributed by atoms with Crippen molar-refractivity contribution in [2.24, 2.45) is 0 Å². The monoisotopic (exact) mass is 316 g/mol. The van der Waals surface area contributed by atoms with Crippen molar-refractivity contribution in [3.05, 3.63) is 11.1 Å². The summed E-state index contributed by atoms with van der Waals surface area (Å²) in [6.45, 7) is 1.34. The first-order valence-electron chi connectivity index (χ1n) is 6.31. The number of aromatic nitrogens is 1. The van der Waals surface area contributed by atoms with Gasteiger partial charge in [-0.3, -0.25) is 9.59 Å². The molecule has 2 N–H and O–H groups in total. The van der Waals surface area contributed by atoms with Crippen molar-refractivity contribution < 1.29 is 19.4 Å². The molecular formula is C12H16N2O4S2. The van der Waals surface area contributed by atoms with Gasteiger partial charge in [-0.1, -0.05) is 11.8 Å². The molecule has 0 aliphatic carbocycles. The number of hydrogen-bond acceptors (Lipinski definition) is 6. The topological polar surface area (TPSA) is 88.5 Å². The van der Waals surface area contributed by atoms with Crippen LogP contribution >= 0.6 is 23.1 Å². The second-order valence-electron chi connectivity index (χ2n) is 4.40. The third-order valence-corrected chi connectivity index (χ3v) is 4.81. The van der Waals surface area contributed by atoms with Gasteiger partial charge < -0.3 is 15.2 Å². The zero-order chi connectivity index (χ0) is 14.4. The predicted molar refractivity (Wildman–Crippen MR) is 76.2 cm³/mol. The van der Waals surface area contributed by atoms with E-state index in [1.807, 2.05) is 0 Å². The maximum absolute atomic E-state index is 11.7. The Morgan fingerprint density at radius 1 is 1.60 bits per heavy atom. The molecular weight excluding hydrogens is 300 g/mol. The summed E-state index contributed by atoms with van der Waals surface area (Å²) in [7, 11) is 0. The van der Waals surface area contributed by atoms with Crippen molar-refractivity contribution in [3.8, 4) is 0 Å². The molecule has 0 aromatic carbocycles.